The first-order valence-electron chi connectivity index (χ1n) is 8.83. The summed E-state index contributed by atoms with van der Waals surface area (Å²) in [6.45, 7) is 1.81. The van der Waals surface area contributed by atoms with Gasteiger partial charge in [-0.1, -0.05) is 64.5 Å². The fourth-order valence-corrected chi connectivity index (χ4v) is 3.52. The SMILES string of the molecule is CC(=C1C(=O)N(c2ccccc2)N(c2ccccc2)C1=O)c1ccc(Br)cc1. The van der Waals surface area contributed by atoms with Gasteiger partial charge in [0.2, 0.25) is 0 Å². The number of amides is 2. The Morgan fingerprint density at radius 3 is 1.54 bits per heavy atom. The maximum Gasteiger partial charge on any atom is 0.283 e. The van der Waals surface area contributed by atoms with Crippen LogP contribution in [-0.2, 0) is 9.59 Å². The van der Waals surface area contributed by atoms with Gasteiger partial charge >= 0.3 is 0 Å². The minimum absolute atomic E-state index is 0.176. The summed E-state index contributed by atoms with van der Waals surface area (Å²) in [5.74, 6) is -0.666. The van der Waals surface area contributed by atoms with E-state index in [0.717, 1.165) is 10.0 Å². The van der Waals surface area contributed by atoms with E-state index in [1.807, 2.05) is 91.9 Å². The Labute approximate surface area is 171 Å². The summed E-state index contributed by atoms with van der Waals surface area (Å²) in [7, 11) is 0. The summed E-state index contributed by atoms with van der Waals surface area (Å²) < 4.78 is 0.940. The molecule has 1 saturated heterocycles. The van der Waals surface area contributed by atoms with Crippen LogP contribution < -0.4 is 10.0 Å². The Morgan fingerprint density at radius 1 is 0.679 bits per heavy atom. The summed E-state index contributed by atoms with van der Waals surface area (Å²) in [6.07, 6.45) is 0. The summed E-state index contributed by atoms with van der Waals surface area (Å²) in [6, 6.07) is 26.0. The third-order valence-electron chi connectivity index (χ3n) is 4.67. The zero-order valence-electron chi connectivity index (χ0n) is 15.2. The number of benzene rings is 3. The number of hydrogen-bond acceptors (Lipinski definition) is 2. The molecule has 0 unspecified atom stereocenters. The van der Waals surface area contributed by atoms with Gasteiger partial charge in [-0.2, -0.15) is 0 Å². The van der Waals surface area contributed by atoms with Crippen molar-refractivity contribution in [2.75, 3.05) is 10.0 Å². The molecular formula is C23H17BrN2O2. The number of para-hydroxylation sites is 2. The average Bonchev–Trinajstić information content (AvgIpc) is 2.99. The lowest BCUT2D eigenvalue weighted by molar-refractivity contribution is -0.116. The first-order valence-corrected chi connectivity index (χ1v) is 9.63. The van der Waals surface area contributed by atoms with E-state index in [1.54, 1.807) is 0 Å². The molecule has 1 aliphatic heterocycles. The standard InChI is InChI=1S/C23H17BrN2O2/c1-16(17-12-14-18(24)15-13-17)21-22(27)25(19-8-4-2-5-9-19)26(23(21)28)20-10-6-3-7-11-20/h2-15H,1H3. The molecule has 0 spiro atoms. The quantitative estimate of drug-likeness (QED) is 0.420. The van der Waals surface area contributed by atoms with Gasteiger partial charge in [0, 0.05) is 4.47 Å². The number of carbonyl (C=O) groups excluding carboxylic acids is 2. The third-order valence-corrected chi connectivity index (χ3v) is 5.19. The van der Waals surface area contributed by atoms with Crippen molar-refractivity contribution in [1.29, 1.82) is 0 Å². The fraction of sp³-hybridized carbons (Fsp3) is 0.0435. The summed E-state index contributed by atoms with van der Waals surface area (Å²) in [4.78, 5) is 26.8. The number of halogens is 1. The lowest BCUT2D eigenvalue weighted by atomic mass is 10.0. The average molecular weight is 433 g/mol. The van der Waals surface area contributed by atoms with Crippen LogP contribution in [0.5, 0.6) is 0 Å². The number of anilines is 2. The molecule has 0 aliphatic carbocycles. The van der Waals surface area contributed by atoms with Crippen molar-refractivity contribution in [1.82, 2.24) is 0 Å². The molecular weight excluding hydrogens is 416 g/mol. The zero-order chi connectivity index (χ0) is 19.7. The molecule has 3 aromatic rings. The largest absolute Gasteiger partial charge is 0.283 e. The zero-order valence-corrected chi connectivity index (χ0v) is 16.8. The maximum absolute atomic E-state index is 13.4. The van der Waals surface area contributed by atoms with E-state index in [0.29, 0.717) is 16.9 Å². The van der Waals surface area contributed by atoms with Gasteiger partial charge in [0.15, 0.2) is 0 Å². The highest BCUT2D eigenvalue weighted by Crippen LogP contribution is 2.34. The van der Waals surface area contributed by atoms with E-state index in [9.17, 15) is 9.59 Å². The van der Waals surface area contributed by atoms with Crippen LogP contribution in [0.1, 0.15) is 12.5 Å². The van der Waals surface area contributed by atoms with Crippen LogP contribution in [0.3, 0.4) is 0 Å². The molecule has 3 aromatic carbocycles. The van der Waals surface area contributed by atoms with Crippen molar-refractivity contribution in [2.45, 2.75) is 6.92 Å². The molecule has 1 fully saturated rings. The highest BCUT2D eigenvalue weighted by Gasteiger charge is 2.44. The molecule has 4 rings (SSSR count). The number of hydrazine groups is 1. The number of hydrogen-bond donors (Lipinski definition) is 0. The molecule has 2 amide bonds. The molecule has 0 atom stereocenters. The Hall–Kier alpha value is -3.18. The summed E-state index contributed by atoms with van der Waals surface area (Å²) in [5.41, 5.74) is 2.95. The minimum Gasteiger partial charge on any atom is -0.267 e. The molecule has 0 bridgehead atoms. The highest BCUT2D eigenvalue weighted by atomic mass is 79.9. The number of rotatable bonds is 3. The molecule has 0 aromatic heterocycles. The molecule has 138 valence electrons. The van der Waals surface area contributed by atoms with Crippen molar-refractivity contribution >= 4 is 44.7 Å². The smallest absolute Gasteiger partial charge is 0.267 e. The Morgan fingerprint density at radius 2 is 1.11 bits per heavy atom. The number of nitrogens with zero attached hydrogens (tertiary/aromatic N) is 2. The topological polar surface area (TPSA) is 40.6 Å². The molecule has 28 heavy (non-hydrogen) atoms. The van der Waals surface area contributed by atoms with Gasteiger partial charge in [-0.05, 0) is 54.5 Å². The van der Waals surface area contributed by atoms with Crippen LogP contribution >= 0.6 is 15.9 Å². The van der Waals surface area contributed by atoms with Crippen LogP contribution in [0.25, 0.3) is 5.57 Å². The van der Waals surface area contributed by atoms with E-state index in [4.69, 9.17) is 0 Å². The van der Waals surface area contributed by atoms with Crippen LogP contribution in [0, 0.1) is 0 Å². The van der Waals surface area contributed by atoms with Crippen LogP contribution in [0.4, 0.5) is 11.4 Å². The fourth-order valence-electron chi connectivity index (χ4n) is 3.25. The normalized spacial score (nSPS) is 14.0. The molecule has 0 saturated carbocycles. The molecule has 5 heteroatoms. The second kappa shape index (κ2) is 7.44. The van der Waals surface area contributed by atoms with Gasteiger partial charge in [-0.15, -0.1) is 0 Å². The third kappa shape index (κ3) is 3.14. The molecule has 0 radical (unpaired) electrons. The predicted molar refractivity (Wildman–Crippen MR) is 115 cm³/mol. The first-order chi connectivity index (χ1) is 13.6. The van der Waals surface area contributed by atoms with E-state index in [-0.39, 0.29) is 17.4 Å². The summed E-state index contributed by atoms with van der Waals surface area (Å²) in [5, 5.41) is 2.88. The lowest BCUT2D eigenvalue weighted by Crippen LogP contribution is -2.41. The Balaban J connectivity index is 1.88. The number of allylic oxidation sites excluding steroid dienone is 1. The minimum atomic E-state index is -0.333. The van der Waals surface area contributed by atoms with E-state index in [1.165, 1.54) is 10.0 Å². The van der Waals surface area contributed by atoms with E-state index < -0.39 is 0 Å². The van der Waals surface area contributed by atoms with Crippen molar-refractivity contribution < 1.29 is 9.59 Å². The van der Waals surface area contributed by atoms with Gasteiger partial charge in [0.25, 0.3) is 11.8 Å². The second-order valence-corrected chi connectivity index (χ2v) is 7.33. The van der Waals surface area contributed by atoms with Gasteiger partial charge < -0.3 is 0 Å². The van der Waals surface area contributed by atoms with Gasteiger partial charge in [0.1, 0.15) is 5.57 Å². The number of carbonyl (C=O) groups is 2. The van der Waals surface area contributed by atoms with Crippen LogP contribution in [0.2, 0.25) is 0 Å². The van der Waals surface area contributed by atoms with Crippen molar-refractivity contribution in [2.24, 2.45) is 0 Å². The summed E-state index contributed by atoms with van der Waals surface area (Å²) >= 11 is 3.42. The maximum atomic E-state index is 13.4. The van der Waals surface area contributed by atoms with Crippen LogP contribution in [-0.4, -0.2) is 11.8 Å². The van der Waals surface area contributed by atoms with Gasteiger partial charge in [-0.3, -0.25) is 9.59 Å². The highest BCUT2D eigenvalue weighted by molar-refractivity contribution is 9.10. The lowest BCUT2D eigenvalue weighted by Gasteiger charge is -2.27. The van der Waals surface area contributed by atoms with Gasteiger partial charge in [-0.25, -0.2) is 10.0 Å². The molecule has 1 heterocycles. The molecule has 1 aliphatic rings. The molecule has 4 nitrogen and oxygen atoms in total. The molecule has 0 N–H and O–H groups in total. The van der Waals surface area contributed by atoms with Crippen molar-refractivity contribution in [3.05, 3.63) is 101 Å². The van der Waals surface area contributed by atoms with Crippen molar-refractivity contribution in [3.8, 4) is 0 Å². The van der Waals surface area contributed by atoms with E-state index in [2.05, 4.69) is 15.9 Å². The van der Waals surface area contributed by atoms with E-state index >= 15 is 0 Å². The second-order valence-electron chi connectivity index (χ2n) is 6.41. The predicted octanol–water partition coefficient (Wildman–Crippen LogP) is 5.22. The Bertz CT molecular complexity index is 1000. The van der Waals surface area contributed by atoms with Gasteiger partial charge in [0.05, 0.1) is 11.4 Å². The monoisotopic (exact) mass is 432 g/mol. The first kappa shape index (κ1) is 18.2. The Kier molecular flexibility index (Phi) is 4.84. The van der Waals surface area contributed by atoms with Crippen LogP contribution in [0.15, 0.2) is 95.0 Å². The van der Waals surface area contributed by atoms with Crippen molar-refractivity contribution in [3.63, 3.8) is 0 Å².